The topological polar surface area (TPSA) is 64.7 Å². The maximum absolute atomic E-state index is 9.63. The van der Waals surface area contributed by atoms with E-state index in [1.165, 1.54) is 0 Å². The van der Waals surface area contributed by atoms with Crippen molar-refractivity contribution in [2.45, 2.75) is 6.10 Å². The summed E-state index contributed by atoms with van der Waals surface area (Å²) in [6, 6.07) is 5.54. The second kappa shape index (κ2) is 4.05. The molecule has 3 N–H and O–H groups in total. The molecule has 14 heavy (non-hydrogen) atoms. The van der Waals surface area contributed by atoms with Crippen molar-refractivity contribution in [2.24, 2.45) is 5.73 Å². The third-order valence-corrected chi connectivity index (χ3v) is 2.76. The van der Waals surface area contributed by atoms with Crippen LogP contribution in [0, 0.1) is 0 Å². The van der Waals surface area contributed by atoms with Gasteiger partial charge in [-0.05, 0) is 11.6 Å². The standard InChI is InChI=1S/C8H9BINO3/c10-14-6-3-1-2-5-7(4-11)13-9(12)8(5)6/h1-3,7,12H,4,11H2. The summed E-state index contributed by atoms with van der Waals surface area (Å²) < 4.78 is 10.4. The summed E-state index contributed by atoms with van der Waals surface area (Å²) in [5, 5.41) is 9.63. The highest BCUT2D eigenvalue weighted by Gasteiger charge is 2.37. The summed E-state index contributed by atoms with van der Waals surface area (Å²) in [6.07, 6.45) is -0.230. The van der Waals surface area contributed by atoms with Gasteiger partial charge in [0.25, 0.3) is 0 Å². The average Bonchev–Trinajstić information content (AvgIpc) is 2.55. The number of nitrogens with two attached hydrogens (primary N) is 1. The summed E-state index contributed by atoms with van der Waals surface area (Å²) in [4.78, 5) is 0. The first kappa shape index (κ1) is 10.2. The molecule has 6 heteroatoms. The van der Waals surface area contributed by atoms with Crippen molar-refractivity contribution >= 4 is 35.6 Å². The first-order chi connectivity index (χ1) is 6.77. The molecule has 1 atom stereocenters. The normalized spacial score (nSPS) is 19.6. The third kappa shape index (κ3) is 1.52. The van der Waals surface area contributed by atoms with Gasteiger partial charge in [-0.2, -0.15) is 0 Å². The van der Waals surface area contributed by atoms with E-state index >= 15 is 0 Å². The molecule has 2 rings (SSSR count). The number of rotatable bonds is 2. The van der Waals surface area contributed by atoms with E-state index in [9.17, 15) is 5.02 Å². The lowest BCUT2D eigenvalue weighted by Gasteiger charge is -2.08. The Morgan fingerprint density at radius 1 is 1.64 bits per heavy atom. The predicted molar refractivity (Wildman–Crippen MR) is 61.6 cm³/mol. The number of benzene rings is 1. The smallest absolute Gasteiger partial charge is 0.428 e. The van der Waals surface area contributed by atoms with Crippen molar-refractivity contribution in [3.8, 4) is 5.75 Å². The van der Waals surface area contributed by atoms with Crippen LogP contribution in [0.15, 0.2) is 18.2 Å². The molecule has 4 nitrogen and oxygen atoms in total. The summed E-state index contributed by atoms with van der Waals surface area (Å²) in [7, 11) is -0.926. The number of halogens is 1. The van der Waals surface area contributed by atoms with Crippen LogP contribution in [0.4, 0.5) is 0 Å². The zero-order valence-corrected chi connectivity index (χ0v) is 9.47. The van der Waals surface area contributed by atoms with E-state index in [-0.39, 0.29) is 6.10 Å². The quantitative estimate of drug-likeness (QED) is 0.602. The minimum atomic E-state index is -0.926. The van der Waals surface area contributed by atoms with Crippen molar-refractivity contribution in [3.63, 3.8) is 0 Å². The highest BCUT2D eigenvalue weighted by molar-refractivity contribution is 14.1. The fourth-order valence-electron chi connectivity index (χ4n) is 1.65. The minimum Gasteiger partial charge on any atom is -0.428 e. The van der Waals surface area contributed by atoms with Crippen molar-refractivity contribution in [3.05, 3.63) is 23.8 Å². The molecule has 1 aromatic carbocycles. The highest BCUT2D eigenvalue weighted by Crippen LogP contribution is 2.27. The van der Waals surface area contributed by atoms with E-state index < -0.39 is 7.12 Å². The van der Waals surface area contributed by atoms with Crippen molar-refractivity contribution < 1.29 is 12.7 Å². The Balaban J connectivity index is 2.49. The minimum absolute atomic E-state index is 0.230. The van der Waals surface area contributed by atoms with E-state index in [0.717, 1.165) is 5.56 Å². The van der Waals surface area contributed by atoms with Gasteiger partial charge in [-0.15, -0.1) is 0 Å². The lowest BCUT2D eigenvalue weighted by Crippen LogP contribution is -2.29. The van der Waals surface area contributed by atoms with Gasteiger partial charge in [-0.1, -0.05) is 12.1 Å². The summed E-state index contributed by atoms with van der Waals surface area (Å²) >= 11 is 1.78. The molecule has 0 aliphatic carbocycles. The highest BCUT2D eigenvalue weighted by atomic mass is 127. The molecular weight excluding hydrogens is 296 g/mol. The fourth-order valence-corrected chi connectivity index (χ4v) is 2.04. The van der Waals surface area contributed by atoms with Gasteiger partial charge < -0.3 is 18.5 Å². The molecule has 1 aliphatic heterocycles. The number of fused-ring (bicyclic) bond motifs is 1. The molecule has 0 amide bonds. The number of hydrogen-bond donors (Lipinski definition) is 2. The first-order valence-corrected chi connectivity index (χ1v) is 5.11. The first-order valence-electron chi connectivity index (χ1n) is 4.23. The SMILES string of the molecule is NCC1OB(O)c2c(OI)cccc21. The van der Waals surface area contributed by atoms with Gasteiger partial charge in [0.15, 0.2) is 23.0 Å². The monoisotopic (exact) mass is 305 g/mol. The molecule has 0 radical (unpaired) electrons. The third-order valence-electron chi connectivity index (χ3n) is 2.28. The largest absolute Gasteiger partial charge is 0.495 e. The Bertz CT molecular complexity index is 349. The van der Waals surface area contributed by atoms with E-state index in [0.29, 0.717) is 17.8 Å². The second-order valence-electron chi connectivity index (χ2n) is 3.05. The molecule has 1 unspecified atom stereocenters. The second-order valence-corrected chi connectivity index (χ2v) is 3.49. The van der Waals surface area contributed by atoms with Crippen molar-refractivity contribution in [2.75, 3.05) is 6.54 Å². The van der Waals surface area contributed by atoms with Crippen LogP contribution in [0.25, 0.3) is 0 Å². The van der Waals surface area contributed by atoms with Crippen LogP contribution >= 0.6 is 23.0 Å². The van der Waals surface area contributed by atoms with Gasteiger partial charge in [0.2, 0.25) is 0 Å². The Kier molecular flexibility index (Phi) is 2.96. The summed E-state index contributed by atoms with van der Waals surface area (Å²) in [5.74, 6) is 0.631. The average molecular weight is 305 g/mol. The molecule has 74 valence electrons. The molecule has 0 saturated carbocycles. The lowest BCUT2D eigenvalue weighted by atomic mass is 9.78. The Hall–Kier alpha value is -0.305. The maximum atomic E-state index is 9.63. The van der Waals surface area contributed by atoms with Gasteiger partial charge in [0.1, 0.15) is 5.75 Å². The molecular formula is C8H9BINO3. The van der Waals surface area contributed by atoms with Crippen LogP contribution in [0.3, 0.4) is 0 Å². The van der Waals surface area contributed by atoms with Gasteiger partial charge in [0, 0.05) is 12.0 Å². The molecule has 0 spiro atoms. The molecule has 1 aromatic rings. The molecule has 0 saturated heterocycles. The van der Waals surface area contributed by atoms with E-state index in [1.54, 1.807) is 29.1 Å². The van der Waals surface area contributed by atoms with E-state index in [2.05, 4.69) is 0 Å². The van der Waals surface area contributed by atoms with Crippen LogP contribution in [0.1, 0.15) is 11.7 Å². The Labute approximate surface area is 96.2 Å². The molecule has 1 aliphatic rings. The predicted octanol–water partition coefficient (Wildman–Crippen LogP) is 0.133. The lowest BCUT2D eigenvalue weighted by molar-refractivity contribution is 0.198. The maximum Gasteiger partial charge on any atom is 0.495 e. The van der Waals surface area contributed by atoms with Crippen LogP contribution < -0.4 is 14.3 Å². The van der Waals surface area contributed by atoms with Gasteiger partial charge in [0.05, 0.1) is 6.10 Å². The van der Waals surface area contributed by atoms with Gasteiger partial charge in [-0.25, -0.2) is 0 Å². The van der Waals surface area contributed by atoms with Crippen LogP contribution in [0.2, 0.25) is 0 Å². The summed E-state index contributed by atoms with van der Waals surface area (Å²) in [6.45, 7) is 0.356. The van der Waals surface area contributed by atoms with Gasteiger partial charge >= 0.3 is 7.12 Å². The van der Waals surface area contributed by atoms with Crippen molar-refractivity contribution in [1.82, 2.24) is 0 Å². The zero-order chi connectivity index (χ0) is 10.1. The Morgan fingerprint density at radius 2 is 2.43 bits per heavy atom. The van der Waals surface area contributed by atoms with Crippen LogP contribution in [-0.4, -0.2) is 18.7 Å². The van der Waals surface area contributed by atoms with Gasteiger partial charge in [-0.3, -0.25) is 0 Å². The number of hydrogen-bond acceptors (Lipinski definition) is 4. The Morgan fingerprint density at radius 3 is 3.07 bits per heavy atom. The molecule has 1 heterocycles. The zero-order valence-electron chi connectivity index (χ0n) is 7.31. The van der Waals surface area contributed by atoms with Crippen molar-refractivity contribution in [1.29, 1.82) is 0 Å². The molecule has 0 bridgehead atoms. The van der Waals surface area contributed by atoms with E-state index in [4.69, 9.17) is 13.5 Å². The van der Waals surface area contributed by atoms with Crippen LogP contribution in [-0.2, 0) is 4.65 Å². The fraction of sp³-hybridized carbons (Fsp3) is 0.250. The van der Waals surface area contributed by atoms with Crippen LogP contribution in [0.5, 0.6) is 5.75 Å². The molecule has 0 aromatic heterocycles. The van der Waals surface area contributed by atoms with E-state index in [1.807, 2.05) is 12.1 Å². The molecule has 0 fully saturated rings. The summed E-state index contributed by atoms with van der Waals surface area (Å²) in [5.41, 5.74) is 7.13.